The van der Waals surface area contributed by atoms with Gasteiger partial charge in [0.2, 0.25) is 0 Å². The van der Waals surface area contributed by atoms with Gasteiger partial charge in [-0.05, 0) is 54.8 Å². The molecule has 1 heterocycles. The molecule has 0 aliphatic rings. The van der Waals surface area contributed by atoms with Crippen molar-refractivity contribution < 1.29 is 18.7 Å². The van der Waals surface area contributed by atoms with Crippen LogP contribution in [0.15, 0.2) is 66.9 Å². The maximum atomic E-state index is 15.4. The predicted octanol–water partition coefficient (Wildman–Crippen LogP) is 8.10. The van der Waals surface area contributed by atoms with E-state index in [1.54, 1.807) is 24.4 Å². The van der Waals surface area contributed by atoms with Crippen molar-refractivity contribution in [3.8, 4) is 11.5 Å². The van der Waals surface area contributed by atoms with Crippen LogP contribution in [0.2, 0.25) is 5.02 Å². The van der Waals surface area contributed by atoms with Crippen LogP contribution in [0.5, 0.6) is 11.5 Å². The molecule has 4 rings (SSSR count). The molecule has 0 saturated heterocycles. The van der Waals surface area contributed by atoms with Crippen LogP contribution in [0.3, 0.4) is 0 Å². The molecule has 37 heavy (non-hydrogen) atoms. The van der Waals surface area contributed by atoms with Gasteiger partial charge in [0.1, 0.15) is 23.1 Å². The van der Waals surface area contributed by atoms with Gasteiger partial charge in [-0.3, -0.25) is 14.6 Å². The molecule has 0 atom stereocenters. The summed E-state index contributed by atoms with van der Waals surface area (Å²) in [5, 5.41) is 0.791. The van der Waals surface area contributed by atoms with Crippen molar-refractivity contribution in [2.24, 2.45) is 5.41 Å². The van der Waals surface area contributed by atoms with Gasteiger partial charge < -0.3 is 4.74 Å². The van der Waals surface area contributed by atoms with Crippen molar-refractivity contribution in [2.45, 2.75) is 47.0 Å². The summed E-state index contributed by atoms with van der Waals surface area (Å²) in [7, 11) is 0. The Morgan fingerprint density at radius 1 is 0.973 bits per heavy atom. The molecule has 0 amide bonds. The van der Waals surface area contributed by atoms with Crippen LogP contribution < -0.4 is 4.74 Å². The number of hydrogen-bond acceptors (Lipinski definition) is 4. The van der Waals surface area contributed by atoms with Gasteiger partial charge in [0.15, 0.2) is 5.78 Å². The molecule has 4 aromatic rings. The number of ether oxygens (including phenoxy) is 1. The lowest BCUT2D eigenvalue weighted by molar-refractivity contribution is -0.126. The van der Waals surface area contributed by atoms with Gasteiger partial charge in [-0.25, -0.2) is 4.39 Å². The number of aryl methyl sites for hydroxylation is 2. The third-order valence-corrected chi connectivity index (χ3v) is 6.64. The first-order valence-electron chi connectivity index (χ1n) is 12.2. The summed E-state index contributed by atoms with van der Waals surface area (Å²) in [6, 6.07) is 18.0. The molecule has 0 fully saturated rings. The van der Waals surface area contributed by atoms with Crippen LogP contribution in [-0.2, 0) is 17.6 Å². The average Bonchev–Trinajstić information content (AvgIpc) is 2.85. The highest BCUT2D eigenvalue weighted by Crippen LogP contribution is 2.32. The standard InChI is InChI=1S/C31H29ClFNO3/c1-19-8-12-22(13-9-19)37-26-16-17-34-30-21(6-5-7-23(26)30)18-25(35)28-24(32)14-10-20(29(28)33)11-15-27(36)31(2,3)4/h5-10,12-14,16-17H,11,15,18H2,1-4H3. The van der Waals surface area contributed by atoms with Crippen molar-refractivity contribution in [2.75, 3.05) is 0 Å². The molecule has 0 bridgehead atoms. The molecule has 4 nitrogen and oxygen atoms in total. The number of carbonyl (C=O) groups is 2. The SMILES string of the molecule is Cc1ccc(Oc2ccnc3c(CC(=O)c4c(Cl)ccc(CCC(=O)C(C)(C)C)c4F)cccc23)cc1. The lowest BCUT2D eigenvalue weighted by atomic mass is 9.87. The Kier molecular flexibility index (Phi) is 7.74. The number of benzene rings is 3. The quantitative estimate of drug-likeness (QED) is 0.221. The van der Waals surface area contributed by atoms with E-state index in [1.165, 1.54) is 6.07 Å². The summed E-state index contributed by atoms with van der Waals surface area (Å²) >= 11 is 6.28. The zero-order valence-electron chi connectivity index (χ0n) is 21.4. The van der Waals surface area contributed by atoms with E-state index in [0.29, 0.717) is 28.1 Å². The Labute approximate surface area is 221 Å². The number of hydrogen-bond donors (Lipinski definition) is 0. The van der Waals surface area contributed by atoms with Crippen LogP contribution in [0.4, 0.5) is 4.39 Å². The number of aromatic nitrogens is 1. The van der Waals surface area contributed by atoms with Gasteiger partial charge >= 0.3 is 0 Å². The number of pyridine rings is 1. The molecule has 0 unspecified atom stereocenters. The first kappa shape index (κ1) is 26.5. The van der Waals surface area contributed by atoms with E-state index in [9.17, 15) is 9.59 Å². The fraction of sp³-hybridized carbons (Fsp3) is 0.258. The Morgan fingerprint density at radius 3 is 2.41 bits per heavy atom. The summed E-state index contributed by atoms with van der Waals surface area (Å²) in [6.45, 7) is 7.50. The fourth-order valence-electron chi connectivity index (χ4n) is 4.11. The number of Topliss-reactive ketones (excluding diaryl/α,β-unsaturated/α-hetero) is 2. The molecule has 0 saturated carbocycles. The highest BCUT2D eigenvalue weighted by Gasteiger charge is 2.24. The van der Waals surface area contributed by atoms with Crippen LogP contribution >= 0.6 is 11.6 Å². The summed E-state index contributed by atoms with van der Waals surface area (Å²) in [5.41, 5.74) is 2.00. The molecule has 1 aromatic heterocycles. The molecule has 0 radical (unpaired) electrons. The minimum absolute atomic E-state index is 0.0280. The second-order valence-corrected chi connectivity index (χ2v) is 10.6. The van der Waals surface area contributed by atoms with E-state index in [2.05, 4.69) is 4.98 Å². The van der Waals surface area contributed by atoms with E-state index >= 15 is 4.39 Å². The Morgan fingerprint density at radius 2 is 1.70 bits per heavy atom. The minimum Gasteiger partial charge on any atom is -0.457 e. The van der Waals surface area contributed by atoms with Crippen LogP contribution in [0, 0.1) is 18.2 Å². The second kappa shape index (κ2) is 10.8. The smallest absolute Gasteiger partial charge is 0.171 e. The maximum Gasteiger partial charge on any atom is 0.171 e. The monoisotopic (exact) mass is 517 g/mol. The van der Waals surface area contributed by atoms with E-state index in [4.69, 9.17) is 16.3 Å². The summed E-state index contributed by atoms with van der Waals surface area (Å²) < 4.78 is 21.5. The van der Waals surface area contributed by atoms with Crippen LogP contribution in [-0.4, -0.2) is 16.6 Å². The number of fused-ring (bicyclic) bond motifs is 1. The van der Waals surface area contributed by atoms with Crippen LogP contribution in [0.1, 0.15) is 54.2 Å². The second-order valence-electron chi connectivity index (χ2n) is 10.2. The van der Waals surface area contributed by atoms with Gasteiger partial charge in [0, 0.05) is 29.8 Å². The molecule has 190 valence electrons. The molecule has 6 heteroatoms. The van der Waals surface area contributed by atoms with Crippen molar-refractivity contribution in [3.63, 3.8) is 0 Å². The zero-order chi connectivity index (χ0) is 26.7. The Hall–Kier alpha value is -3.57. The highest BCUT2D eigenvalue weighted by atomic mass is 35.5. The van der Waals surface area contributed by atoms with Crippen molar-refractivity contribution >= 4 is 34.1 Å². The van der Waals surface area contributed by atoms with E-state index < -0.39 is 17.0 Å². The lowest BCUT2D eigenvalue weighted by Gasteiger charge is -2.17. The average molecular weight is 518 g/mol. The largest absolute Gasteiger partial charge is 0.457 e. The Balaban J connectivity index is 1.61. The third-order valence-electron chi connectivity index (χ3n) is 6.32. The number of nitrogens with zero attached hydrogens (tertiary/aromatic N) is 1. The zero-order valence-corrected chi connectivity index (χ0v) is 22.2. The first-order chi connectivity index (χ1) is 17.5. The van der Waals surface area contributed by atoms with Gasteiger partial charge in [-0.2, -0.15) is 0 Å². The third kappa shape index (κ3) is 6.05. The minimum atomic E-state index is -0.671. The highest BCUT2D eigenvalue weighted by molar-refractivity contribution is 6.34. The number of ketones is 2. The molecule has 0 spiro atoms. The number of rotatable bonds is 8. The van der Waals surface area contributed by atoms with Gasteiger partial charge in [-0.1, -0.05) is 68.3 Å². The van der Waals surface area contributed by atoms with Gasteiger partial charge in [-0.15, -0.1) is 0 Å². The van der Waals surface area contributed by atoms with Crippen molar-refractivity contribution in [3.05, 3.63) is 100.0 Å². The van der Waals surface area contributed by atoms with Crippen molar-refractivity contribution in [1.82, 2.24) is 4.98 Å². The number of halogens is 2. The molecule has 0 aliphatic heterocycles. The molecule has 0 aliphatic carbocycles. The normalized spacial score (nSPS) is 11.5. The van der Waals surface area contributed by atoms with Gasteiger partial charge in [0.05, 0.1) is 16.1 Å². The fourth-order valence-corrected chi connectivity index (χ4v) is 4.36. The number of para-hydroxylation sites is 1. The summed E-state index contributed by atoms with van der Waals surface area (Å²) in [6.07, 6.45) is 1.93. The summed E-state index contributed by atoms with van der Waals surface area (Å²) in [4.78, 5) is 30.1. The molecular weight excluding hydrogens is 489 g/mol. The topological polar surface area (TPSA) is 56.3 Å². The summed E-state index contributed by atoms with van der Waals surface area (Å²) in [5.74, 6) is 0.203. The molecule has 0 N–H and O–H groups in total. The van der Waals surface area contributed by atoms with Gasteiger partial charge in [0.25, 0.3) is 0 Å². The number of carbonyl (C=O) groups excluding carboxylic acids is 2. The molecular formula is C31H29ClFNO3. The lowest BCUT2D eigenvalue weighted by Crippen LogP contribution is -2.20. The molecule has 3 aromatic carbocycles. The van der Waals surface area contributed by atoms with E-state index in [1.807, 2.05) is 64.1 Å². The predicted molar refractivity (Wildman–Crippen MR) is 145 cm³/mol. The maximum absolute atomic E-state index is 15.4. The van der Waals surface area contributed by atoms with E-state index in [0.717, 1.165) is 10.9 Å². The first-order valence-corrected chi connectivity index (χ1v) is 12.6. The van der Waals surface area contributed by atoms with Crippen LogP contribution in [0.25, 0.3) is 10.9 Å². The Bertz CT molecular complexity index is 1470. The van der Waals surface area contributed by atoms with Crippen molar-refractivity contribution in [1.29, 1.82) is 0 Å². The van der Waals surface area contributed by atoms with E-state index in [-0.39, 0.29) is 35.6 Å².